The predicted molar refractivity (Wildman–Crippen MR) is 81.0 cm³/mol. The van der Waals surface area contributed by atoms with Crippen LogP contribution in [-0.2, 0) is 11.3 Å². The highest BCUT2D eigenvalue weighted by Gasteiger charge is 2.14. The van der Waals surface area contributed by atoms with Crippen LogP contribution < -0.4 is 4.74 Å². The molecule has 0 aliphatic rings. The Morgan fingerprint density at radius 3 is 2.40 bits per heavy atom. The predicted octanol–water partition coefficient (Wildman–Crippen LogP) is 2.61. The van der Waals surface area contributed by atoms with Crippen molar-refractivity contribution >= 4 is 0 Å². The van der Waals surface area contributed by atoms with Crippen molar-refractivity contribution in [2.45, 2.75) is 39.5 Å². The van der Waals surface area contributed by atoms with E-state index < -0.39 is 6.10 Å². The molecule has 1 unspecified atom stereocenters. The Hall–Kier alpha value is -1.10. The molecular weight excluding hydrogens is 254 g/mol. The second kappa shape index (κ2) is 8.25. The number of benzene rings is 1. The highest BCUT2D eigenvalue weighted by Crippen LogP contribution is 2.25. The molecule has 0 aliphatic carbocycles. The first-order valence-corrected chi connectivity index (χ1v) is 7.07. The van der Waals surface area contributed by atoms with Crippen molar-refractivity contribution in [1.29, 1.82) is 0 Å². The summed E-state index contributed by atoms with van der Waals surface area (Å²) >= 11 is 0. The van der Waals surface area contributed by atoms with Crippen molar-refractivity contribution in [3.63, 3.8) is 0 Å². The molecule has 0 fully saturated rings. The Kier molecular flexibility index (Phi) is 6.99. The number of ether oxygens (including phenoxy) is 2. The Bertz CT molecular complexity index is 405. The summed E-state index contributed by atoms with van der Waals surface area (Å²) in [5.74, 6) is 0.859. The SMILES string of the molecule is COCCN(Cc1cc(C(C)O)ccc1OC)C(C)C. The topological polar surface area (TPSA) is 41.9 Å². The molecule has 1 atom stereocenters. The van der Waals surface area contributed by atoms with Gasteiger partial charge in [0.15, 0.2) is 0 Å². The summed E-state index contributed by atoms with van der Waals surface area (Å²) in [6.45, 7) is 8.47. The molecule has 0 saturated heterocycles. The van der Waals surface area contributed by atoms with Gasteiger partial charge in [-0.2, -0.15) is 0 Å². The van der Waals surface area contributed by atoms with Gasteiger partial charge in [0.05, 0.1) is 19.8 Å². The molecule has 0 radical (unpaired) electrons. The Balaban J connectivity index is 2.93. The minimum absolute atomic E-state index is 0.421. The minimum atomic E-state index is -0.467. The highest BCUT2D eigenvalue weighted by atomic mass is 16.5. The van der Waals surface area contributed by atoms with Crippen LogP contribution in [0, 0.1) is 0 Å². The monoisotopic (exact) mass is 281 g/mol. The van der Waals surface area contributed by atoms with E-state index in [-0.39, 0.29) is 0 Å². The lowest BCUT2D eigenvalue weighted by Crippen LogP contribution is -2.33. The molecule has 0 saturated carbocycles. The van der Waals surface area contributed by atoms with Crippen LogP contribution in [0.1, 0.15) is 38.0 Å². The zero-order chi connectivity index (χ0) is 15.1. The average Bonchev–Trinajstić information content (AvgIpc) is 2.42. The normalized spacial score (nSPS) is 13.0. The number of hydrogen-bond acceptors (Lipinski definition) is 4. The molecule has 1 aromatic carbocycles. The molecule has 0 aliphatic heterocycles. The maximum absolute atomic E-state index is 9.72. The molecule has 4 heteroatoms. The van der Waals surface area contributed by atoms with E-state index in [0.29, 0.717) is 12.6 Å². The lowest BCUT2D eigenvalue weighted by Gasteiger charge is -2.27. The third-order valence-electron chi connectivity index (χ3n) is 3.47. The molecule has 1 rings (SSSR count). The fourth-order valence-electron chi connectivity index (χ4n) is 2.13. The van der Waals surface area contributed by atoms with E-state index in [2.05, 4.69) is 18.7 Å². The Labute approximate surface area is 122 Å². The second-order valence-corrected chi connectivity index (χ2v) is 5.30. The van der Waals surface area contributed by atoms with Gasteiger partial charge in [-0.3, -0.25) is 4.90 Å². The van der Waals surface area contributed by atoms with Gasteiger partial charge in [0.2, 0.25) is 0 Å². The van der Waals surface area contributed by atoms with E-state index in [1.54, 1.807) is 21.1 Å². The van der Waals surface area contributed by atoms with E-state index in [9.17, 15) is 5.11 Å². The molecule has 1 N–H and O–H groups in total. The van der Waals surface area contributed by atoms with Crippen LogP contribution in [0.2, 0.25) is 0 Å². The van der Waals surface area contributed by atoms with Crippen LogP contribution in [0.4, 0.5) is 0 Å². The van der Waals surface area contributed by atoms with E-state index >= 15 is 0 Å². The van der Waals surface area contributed by atoms with Crippen molar-refractivity contribution < 1.29 is 14.6 Å². The number of rotatable bonds is 8. The van der Waals surface area contributed by atoms with Crippen LogP contribution in [0.3, 0.4) is 0 Å². The summed E-state index contributed by atoms with van der Waals surface area (Å²) < 4.78 is 10.6. The molecule has 1 aromatic rings. The van der Waals surface area contributed by atoms with Gasteiger partial charge in [0.25, 0.3) is 0 Å². The maximum atomic E-state index is 9.72. The zero-order valence-electron chi connectivity index (χ0n) is 13.2. The van der Waals surface area contributed by atoms with Gasteiger partial charge in [-0.1, -0.05) is 6.07 Å². The van der Waals surface area contributed by atoms with Crippen molar-refractivity contribution in [2.75, 3.05) is 27.4 Å². The molecule has 0 spiro atoms. The first kappa shape index (κ1) is 17.0. The van der Waals surface area contributed by atoms with Crippen molar-refractivity contribution in [2.24, 2.45) is 0 Å². The minimum Gasteiger partial charge on any atom is -0.496 e. The first-order valence-electron chi connectivity index (χ1n) is 7.07. The standard InChI is InChI=1S/C16H27NO3/c1-12(2)17(8-9-19-4)11-15-10-14(13(3)18)6-7-16(15)20-5/h6-7,10,12-13,18H,8-9,11H2,1-5H3. The second-order valence-electron chi connectivity index (χ2n) is 5.30. The van der Waals surface area contributed by atoms with E-state index in [1.807, 2.05) is 18.2 Å². The molecule has 0 aromatic heterocycles. The lowest BCUT2D eigenvalue weighted by atomic mass is 10.0. The summed E-state index contributed by atoms with van der Waals surface area (Å²) in [4.78, 5) is 2.33. The van der Waals surface area contributed by atoms with Crippen LogP contribution >= 0.6 is 0 Å². The number of methoxy groups -OCH3 is 2. The molecule has 114 valence electrons. The largest absolute Gasteiger partial charge is 0.496 e. The smallest absolute Gasteiger partial charge is 0.123 e. The zero-order valence-corrected chi connectivity index (χ0v) is 13.2. The van der Waals surface area contributed by atoms with E-state index in [0.717, 1.165) is 30.0 Å². The molecule has 20 heavy (non-hydrogen) atoms. The summed E-state index contributed by atoms with van der Waals surface area (Å²) in [5.41, 5.74) is 2.01. The van der Waals surface area contributed by atoms with Gasteiger partial charge in [-0.25, -0.2) is 0 Å². The van der Waals surface area contributed by atoms with Gasteiger partial charge in [0, 0.05) is 31.8 Å². The van der Waals surface area contributed by atoms with E-state index in [1.165, 1.54) is 0 Å². The summed E-state index contributed by atoms with van der Waals surface area (Å²) in [5, 5.41) is 9.72. The molecule has 4 nitrogen and oxygen atoms in total. The quantitative estimate of drug-likeness (QED) is 0.795. The van der Waals surface area contributed by atoms with Crippen molar-refractivity contribution in [1.82, 2.24) is 4.90 Å². The van der Waals surface area contributed by atoms with Gasteiger partial charge in [-0.15, -0.1) is 0 Å². The number of aliphatic hydroxyl groups is 1. The van der Waals surface area contributed by atoms with Crippen LogP contribution in [0.25, 0.3) is 0 Å². The van der Waals surface area contributed by atoms with Crippen molar-refractivity contribution in [3.8, 4) is 5.75 Å². The summed E-state index contributed by atoms with van der Waals surface area (Å²) in [6.07, 6.45) is -0.467. The van der Waals surface area contributed by atoms with Crippen LogP contribution in [0.5, 0.6) is 5.75 Å². The highest BCUT2D eigenvalue weighted by molar-refractivity contribution is 5.38. The van der Waals surface area contributed by atoms with Crippen LogP contribution in [-0.4, -0.2) is 43.4 Å². The lowest BCUT2D eigenvalue weighted by molar-refractivity contribution is 0.124. The summed E-state index contributed by atoms with van der Waals surface area (Å²) in [6, 6.07) is 6.27. The molecule has 0 heterocycles. The maximum Gasteiger partial charge on any atom is 0.123 e. The van der Waals surface area contributed by atoms with Crippen molar-refractivity contribution in [3.05, 3.63) is 29.3 Å². The number of aliphatic hydroxyl groups excluding tert-OH is 1. The third kappa shape index (κ3) is 4.78. The van der Waals surface area contributed by atoms with Gasteiger partial charge < -0.3 is 14.6 Å². The van der Waals surface area contributed by atoms with Gasteiger partial charge in [0.1, 0.15) is 5.75 Å². The average molecular weight is 281 g/mol. The number of nitrogens with zero attached hydrogens (tertiary/aromatic N) is 1. The van der Waals surface area contributed by atoms with Gasteiger partial charge in [-0.05, 0) is 38.5 Å². The molecule has 0 amide bonds. The number of hydrogen-bond donors (Lipinski definition) is 1. The Morgan fingerprint density at radius 2 is 1.90 bits per heavy atom. The third-order valence-corrected chi connectivity index (χ3v) is 3.47. The first-order chi connectivity index (χ1) is 9.49. The summed E-state index contributed by atoms with van der Waals surface area (Å²) in [7, 11) is 3.39. The fourth-order valence-corrected chi connectivity index (χ4v) is 2.13. The molecular formula is C16H27NO3. The van der Waals surface area contributed by atoms with Gasteiger partial charge >= 0.3 is 0 Å². The fraction of sp³-hybridized carbons (Fsp3) is 0.625. The van der Waals surface area contributed by atoms with E-state index in [4.69, 9.17) is 9.47 Å². The Morgan fingerprint density at radius 1 is 1.20 bits per heavy atom. The van der Waals surface area contributed by atoms with Crippen LogP contribution in [0.15, 0.2) is 18.2 Å². The molecule has 0 bridgehead atoms.